The van der Waals surface area contributed by atoms with Crippen molar-refractivity contribution in [1.29, 1.82) is 0 Å². The number of rotatable bonds is 5. The highest BCUT2D eigenvalue weighted by Crippen LogP contribution is 2.34. The number of nitrogens with zero attached hydrogens (tertiary/aromatic N) is 1. The molecule has 1 saturated heterocycles. The van der Waals surface area contributed by atoms with Gasteiger partial charge in [-0.15, -0.1) is 11.3 Å². The second kappa shape index (κ2) is 8.56. The van der Waals surface area contributed by atoms with Gasteiger partial charge in [0.1, 0.15) is 0 Å². The summed E-state index contributed by atoms with van der Waals surface area (Å²) in [5, 5.41) is 8.21. The Morgan fingerprint density at radius 1 is 1.09 bits per heavy atom. The average Bonchev–Trinajstić information content (AvgIpc) is 3.28. The number of hydrogen-bond acceptors (Lipinski definition) is 5. The molecule has 1 aliphatic heterocycles. The number of aromatic nitrogens is 1. The summed E-state index contributed by atoms with van der Waals surface area (Å²) in [6.07, 6.45) is -4.47. The van der Waals surface area contributed by atoms with Crippen molar-refractivity contribution in [3.05, 3.63) is 75.2 Å². The van der Waals surface area contributed by atoms with Crippen LogP contribution in [0.1, 0.15) is 31.5 Å². The fourth-order valence-corrected chi connectivity index (χ4v) is 4.92. The van der Waals surface area contributed by atoms with Crippen LogP contribution >= 0.6 is 11.3 Å². The van der Waals surface area contributed by atoms with E-state index in [2.05, 4.69) is 20.9 Å². The minimum Gasteiger partial charge on any atom is -0.349 e. The third kappa shape index (κ3) is 4.26. The summed E-state index contributed by atoms with van der Waals surface area (Å²) in [5.74, 6) is -1.16. The number of benzene rings is 2. The molecule has 176 valence electrons. The van der Waals surface area contributed by atoms with Gasteiger partial charge in [-0.1, -0.05) is 30.3 Å². The number of amides is 4. The lowest BCUT2D eigenvalue weighted by Crippen LogP contribution is -2.52. The zero-order chi connectivity index (χ0) is 24.7. The lowest BCUT2D eigenvalue weighted by atomic mass is 9.95. The Hall–Kier alpha value is -3.73. The van der Waals surface area contributed by atoms with E-state index < -0.39 is 35.1 Å². The molecule has 1 fully saturated rings. The highest BCUT2D eigenvalue weighted by atomic mass is 32.1. The maximum atomic E-state index is 13.1. The minimum absolute atomic E-state index is 0.208. The molecule has 0 aliphatic carbocycles. The summed E-state index contributed by atoms with van der Waals surface area (Å²) in [6, 6.07) is 10.2. The van der Waals surface area contributed by atoms with Crippen LogP contribution in [0.4, 0.5) is 18.0 Å². The van der Waals surface area contributed by atoms with Crippen LogP contribution in [0, 0.1) is 13.8 Å². The van der Waals surface area contributed by atoms with E-state index in [4.69, 9.17) is 0 Å². The molecule has 3 N–H and O–H groups in total. The number of halogens is 3. The summed E-state index contributed by atoms with van der Waals surface area (Å²) in [7, 11) is 0. The fourth-order valence-electron chi connectivity index (χ4n) is 3.86. The number of carbonyl (C=O) groups excluding carboxylic acids is 3. The highest BCUT2D eigenvalue weighted by molar-refractivity contribution is 7.12. The molecule has 0 spiro atoms. The van der Waals surface area contributed by atoms with Gasteiger partial charge in [0, 0.05) is 5.56 Å². The molecule has 1 atom stereocenters. The zero-order valence-corrected chi connectivity index (χ0v) is 18.9. The molecule has 1 aromatic heterocycles. The molecule has 2 heterocycles. The quantitative estimate of drug-likeness (QED) is 0.474. The molecule has 0 radical (unpaired) electrons. The molecule has 1 aliphatic rings. The molecular weight excluding hydrogens is 469 g/mol. The fraction of sp³-hybridized carbons (Fsp3) is 0.217. The van der Waals surface area contributed by atoms with Crippen molar-refractivity contribution in [2.75, 3.05) is 6.54 Å². The van der Waals surface area contributed by atoms with E-state index >= 15 is 0 Å². The Kier molecular flexibility index (Phi) is 5.90. The lowest BCUT2D eigenvalue weighted by Gasteiger charge is -2.26. The maximum absolute atomic E-state index is 13.1. The predicted molar refractivity (Wildman–Crippen MR) is 119 cm³/mol. The molecule has 0 saturated carbocycles. The zero-order valence-electron chi connectivity index (χ0n) is 18.0. The number of nitrogens with one attached hydrogen (secondary N) is 3. The van der Waals surface area contributed by atoms with Crippen LogP contribution in [0.2, 0.25) is 0 Å². The van der Waals surface area contributed by atoms with E-state index in [0.29, 0.717) is 26.7 Å². The Bertz CT molecular complexity index is 1290. The van der Waals surface area contributed by atoms with Crippen molar-refractivity contribution < 1.29 is 27.6 Å². The maximum Gasteiger partial charge on any atom is 0.416 e. The molecular formula is C23H19F3N4O3S. The van der Waals surface area contributed by atoms with Gasteiger partial charge in [-0.05, 0) is 43.2 Å². The highest BCUT2D eigenvalue weighted by Gasteiger charge is 2.50. The Labute approximate surface area is 196 Å². The first-order valence-electron chi connectivity index (χ1n) is 10.1. The molecule has 1 unspecified atom stereocenters. The van der Waals surface area contributed by atoms with Crippen LogP contribution in [-0.4, -0.2) is 29.4 Å². The molecule has 3 aromatic rings. The van der Waals surface area contributed by atoms with E-state index in [1.807, 2.05) is 0 Å². The van der Waals surface area contributed by atoms with E-state index in [9.17, 15) is 27.6 Å². The van der Waals surface area contributed by atoms with Crippen LogP contribution < -0.4 is 16.0 Å². The molecule has 11 heteroatoms. The van der Waals surface area contributed by atoms with Gasteiger partial charge >= 0.3 is 12.2 Å². The van der Waals surface area contributed by atoms with Gasteiger partial charge < -0.3 is 10.6 Å². The van der Waals surface area contributed by atoms with Gasteiger partial charge in [-0.3, -0.25) is 14.9 Å². The summed E-state index contributed by atoms with van der Waals surface area (Å²) < 4.78 is 38.7. The van der Waals surface area contributed by atoms with Crippen molar-refractivity contribution in [2.45, 2.75) is 25.6 Å². The Morgan fingerprint density at radius 2 is 1.76 bits per heavy atom. The minimum atomic E-state index is -4.47. The van der Waals surface area contributed by atoms with Gasteiger partial charge in [0.2, 0.25) is 0 Å². The molecule has 2 aromatic carbocycles. The summed E-state index contributed by atoms with van der Waals surface area (Å²) in [6.45, 7) is 3.23. The van der Waals surface area contributed by atoms with Crippen LogP contribution in [-0.2, 0) is 16.5 Å². The molecule has 7 nitrogen and oxygen atoms in total. The lowest BCUT2D eigenvalue weighted by molar-refractivity contribution is -0.137. The topological polar surface area (TPSA) is 100 Å². The normalized spacial score (nSPS) is 17.9. The van der Waals surface area contributed by atoms with Gasteiger partial charge in [-0.25, -0.2) is 9.78 Å². The van der Waals surface area contributed by atoms with Gasteiger partial charge in [-0.2, -0.15) is 13.2 Å². The van der Waals surface area contributed by atoms with Crippen LogP contribution in [0.25, 0.3) is 11.1 Å². The first-order valence-corrected chi connectivity index (χ1v) is 11.0. The van der Waals surface area contributed by atoms with Crippen molar-refractivity contribution in [3.8, 4) is 11.1 Å². The number of imide groups is 1. The molecule has 34 heavy (non-hydrogen) atoms. The van der Waals surface area contributed by atoms with Crippen LogP contribution in [0.5, 0.6) is 0 Å². The predicted octanol–water partition coefficient (Wildman–Crippen LogP) is 3.91. The van der Waals surface area contributed by atoms with Gasteiger partial charge in [0.15, 0.2) is 5.54 Å². The summed E-state index contributed by atoms with van der Waals surface area (Å²) in [5.41, 5.74) is -0.704. The standard InChI is InChI=1S/C23H19F3N4O3S/c1-12-18(34-13(2)28-12)22(20(32)29-21(33)30-22)11-27-19(31)17-6-4-3-5-16(17)14-7-9-15(10-8-14)23(24,25)26/h3-10H,11H2,1-2H3,(H,27,31)(H2,29,30,32,33). The number of thiazole rings is 1. The number of hydrogen-bond donors (Lipinski definition) is 3. The van der Waals surface area contributed by atoms with Crippen molar-refractivity contribution in [3.63, 3.8) is 0 Å². The van der Waals surface area contributed by atoms with Crippen molar-refractivity contribution in [1.82, 2.24) is 20.9 Å². The first kappa shape index (κ1) is 23.4. The first-order chi connectivity index (χ1) is 16.0. The van der Waals surface area contributed by atoms with E-state index in [1.165, 1.54) is 29.5 Å². The van der Waals surface area contributed by atoms with Crippen LogP contribution in [0.3, 0.4) is 0 Å². The van der Waals surface area contributed by atoms with E-state index in [1.54, 1.807) is 32.0 Å². The number of alkyl halides is 3. The Morgan fingerprint density at radius 3 is 2.32 bits per heavy atom. The third-order valence-electron chi connectivity index (χ3n) is 5.44. The van der Waals surface area contributed by atoms with Gasteiger partial charge in [0.25, 0.3) is 11.8 Å². The second-order valence-electron chi connectivity index (χ2n) is 7.76. The number of aryl methyl sites for hydroxylation is 2. The van der Waals surface area contributed by atoms with Crippen LogP contribution in [0.15, 0.2) is 48.5 Å². The largest absolute Gasteiger partial charge is 0.416 e. The molecule has 4 amide bonds. The van der Waals surface area contributed by atoms with Crippen molar-refractivity contribution >= 4 is 29.2 Å². The third-order valence-corrected chi connectivity index (χ3v) is 6.68. The smallest absolute Gasteiger partial charge is 0.349 e. The molecule has 4 rings (SSSR count). The van der Waals surface area contributed by atoms with Gasteiger partial charge in [0.05, 0.1) is 27.7 Å². The SMILES string of the molecule is Cc1nc(C)c(C2(CNC(=O)c3ccccc3-c3ccc(C(F)(F)F)cc3)NC(=O)NC2=O)s1. The summed E-state index contributed by atoms with van der Waals surface area (Å²) in [4.78, 5) is 42.7. The summed E-state index contributed by atoms with van der Waals surface area (Å²) >= 11 is 1.24. The second-order valence-corrected chi connectivity index (χ2v) is 8.97. The van der Waals surface area contributed by atoms with E-state index in [-0.39, 0.29) is 12.1 Å². The number of carbonyl (C=O) groups is 3. The molecule has 0 bridgehead atoms. The Balaban J connectivity index is 1.63. The van der Waals surface area contributed by atoms with Crippen molar-refractivity contribution in [2.24, 2.45) is 0 Å². The number of urea groups is 1. The monoisotopic (exact) mass is 488 g/mol. The van der Waals surface area contributed by atoms with E-state index in [0.717, 1.165) is 12.1 Å². The average molecular weight is 488 g/mol.